The summed E-state index contributed by atoms with van der Waals surface area (Å²) in [6, 6.07) is 2.96. The molecule has 9 heteroatoms. The molecule has 104 valence electrons. The van der Waals surface area contributed by atoms with E-state index in [-0.39, 0.29) is 5.02 Å². The number of amides is 1. The van der Waals surface area contributed by atoms with Crippen LogP contribution < -0.4 is 5.32 Å². The molecular weight excluding hydrogens is 294 g/mol. The number of carboxylic acids is 1. The van der Waals surface area contributed by atoms with Gasteiger partial charge in [0, 0.05) is 5.02 Å². The van der Waals surface area contributed by atoms with Gasteiger partial charge in [0.05, 0.1) is 11.3 Å². The summed E-state index contributed by atoms with van der Waals surface area (Å²) in [5.74, 6) is -8.78. The Bertz CT molecular complexity index is 521. The number of hydrogen-bond donors (Lipinski definition) is 2. The Labute approximate surface area is 109 Å². The highest BCUT2D eigenvalue weighted by atomic mass is 35.5. The van der Waals surface area contributed by atoms with Gasteiger partial charge in [0.2, 0.25) is 0 Å². The van der Waals surface area contributed by atoms with Gasteiger partial charge in [-0.2, -0.15) is 8.78 Å². The van der Waals surface area contributed by atoms with Crippen molar-refractivity contribution in [2.75, 3.05) is 5.32 Å². The second kappa shape index (κ2) is 5.43. The fraction of sp³-hybridized carbons (Fsp3) is 0.200. The Morgan fingerprint density at radius 2 is 1.89 bits per heavy atom. The molecule has 1 amide bonds. The average molecular weight is 300 g/mol. The van der Waals surface area contributed by atoms with Gasteiger partial charge in [-0.3, -0.25) is 4.79 Å². The van der Waals surface area contributed by atoms with Gasteiger partial charge in [-0.1, -0.05) is 11.6 Å². The van der Waals surface area contributed by atoms with Gasteiger partial charge in [-0.05, 0) is 18.2 Å². The molecule has 19 heavy (non-hydrogen) atoms. The van der Waals surface area contributed by atoms with Crippen molar-refractivity contribution >= 4 is 29.2 Å². The van der Waals surface area contributed by atoms with E-state index in [2.05, 4.69) is 0 Å². The Morgan fingerprint density at radius 1 is 1.32 bits per heavy atom. The van der Waals surface area contributed by atoms with E-state index in [0.717, 1.165) is 18.2 Å². The number of rotatable bonds is 4. The minimum absolute atomic E-state index is 0.0549. The Kier molecular flexibility index (Phi) is 4.35. The van der Waals surface area contributed by atoms with E-state index in [0.29, 0.717) is 0 Å². The number of halogens is 5. The molecule has 0 aliphatic rings. The van der Waals surface area contributed by atoms with Gasteiger partial charge in [-0.15, -0.1) is 0 Å². The SMILES string of the molecule is O=C(O)c1ccc(Cl)cc1NC(=O)C(F)(F)C(F)F. The summed E-state index contributed by atoms with van der Waals surface area (Å²) in [4.78, 5) is 21.8. The highest BCUT2D eigenvalue weighted by Gasteiger charge is 2.49. The van der Waals surface area contributed by atoms with Gasteiger partial charge in [0.15, 0.2) is 0 Å². The maximum absolute atomic E-state index is 12.7. The smallest absolute Gasteiger partial charge is 0.383 e. The first kappa shape index (κ1) is 15.2. The molecular formula is C10H6ClF4NO3. The number of carboxylic acid groups (broad SMARTS) is 1. The zero-order valence-corrected chi connectivity index (χ0v) is 9.72. The largest absolute Gasteiger partial charge is 0.478 e. The van der Waals surface area contributed by atoms with Crippen molar-refractivity contribution in [3.63, 3.8) is 0 Å². The van der Waals surface area contributed by atoms with E-state index in [1.165, 1.54) is 5.32 Å². The van der Waals surface area contributed by atoms with E-state index in [1.807, 2.05) is 0 Å². The number of hydrogen-bond acceptors (Lipinski definition) is 2. The molecule has 4 nitrogen and oxygen atoms in total. The first-order chi connectivity index (χ1) is 8.66. The highest BCUT2D eigenvalue weighted by Crippen LogP contribution is 2.27. The number of aromatic carboxylic acids is 1. The summed E-state index contributed by atoms with van der Waals surface area (Å²) >= 11 is 5.50. The molecule has 0 aliphatic heterocycles. The van der Waals surface area contributed by atoms with Crippen molar-refractivity contribution in [1.29, 1.82) is 0 Å². The molecule has 1 aromatic rings. The van der Waals surface area contributed by atoms with Crippen LogP contribution in [0.5, 0.6) is 0 Å². The van der Waals surface area contributed by atoms with Crippen LogP contribution >= 0.6 is 11.6 Å². The molecule has 0 aliphatic carbocycles. The van der Waals surface area contributed by atoms with Crippen molar-refractivity contribution < 1.29 is 32.3 Å². The molecule has 2 N–H and O–H groups in total. The van der Waals surface area contributed by atoms with Gasteiger partial charge in [0.25, 0.3) is 0 Å². The van der Waals surface area contributed by atoms with Gasteiger partial charge in [0.1, 0.15) is 0 Å². The Balaban J connectivity index is 3.09. The first-order valence-corrected chi connectivity index (χ1v) is 5.04. The van der Waals surface area contributed by atoms with E-state index >= 15 is 0 Å². The zero-order chi connectivity index (χ0) is 14.8. The molecule has 0 unspecified atom stereocenters. The molecule has 1 rings (SSSR count). The molecule has 0 heterocycles. The van der Waals surface area contributed by atoms with E-state index in [9.17, 15) is 27.2 Å². The third-order valence-corrected chi connectivity index (χ3v) is 2.27. The number of carbonyl (C=O) groups is 2. The molecule has 0 radical (unpaired) electrons. The summed E-state index contributed by atoms with van der Waals surface area (Å²) in [7, 11) is 0. The fourth-order valence-corrected chi connectivity index (χ4v) is 1.28. The summed E-state index contributed by atoms with van der Waals surface area (Å²) in [5.41, 5.74) is -1.15. The molecule has 0 saturated carbocycles. The number of benzene rings is 1. The lowest BCUT2D eigenvalue weighted by molar-refractivity contribution is -0.163. The summed E-state index contributed by atoms with van der Waals surface area (Å²) in [6.07, 6.45) is -4.21. The normalized spacial score (nSPS) is 11.5. The average Bonchev–Trinajstić information content (AvgIpc) is 2.28. The third kappa shape index (κ3) is 3.34. The van der Waals surface area contributed by atoms with Crippen LogP contribution in [-0.4, -0.2) is 29.3 Å². The van der Waals surface area contributed by atoms with Crippen molar-refractivity contribution in [3.05, 3.63) is 28.8 Å². The van der Waals surface area contributed by atoms with E-state index in [4.69, 9.17) is 16.7 Å². The molecule has 0 fully saturated rings. The van der Waals surface area contributed by atoms with E-state index < -0.39 is 35.5 Å². The number of nitrogens with one attached hydrogen (secondary N) is 1. The minimum Gasteiger partial charge on any atom is -0.478 e. The van der Waals surface area contributed by atoms with Crippen molar-refractivity contribution in [3.8, 4) is 0 Å². The van der Waals surface area contributed by atoms with E-state index in [1.54, 1.807) is 0 Å². The number of anilines is 1. The molecule has 0 saturated heterocycles. The standard InChI is InChI=1S/C10H6ClF4NO3/c11-4-1-2-5(7(17)18)6(3-4)16-9(19)10(14,15)8(12)13/h1-3,8H,(H,16,19)(H,17,18). The van der Waals surface area contributed by atoms with Gasteiger partial charge < -0.3 is 10.4 Å². The lowest BCUT2D eigenvalue weighted by atomic mass is 10.1. The Hall–Kier alpha value is -1.83. The molecule has 0 aromatic heterocycles. The molecule has 1 aromatic carbocycles. The second-order valence-electron chi connectivity index (χ2n) is 3.37. The van der Waals surface area contributed by atoms with Crippen LogP contribution in [0.25, 0.3) is 0 Å². The molecule has 0 bridgehead atoms. The fourth-order valence-electron chi connectivity index (χ4n) is 1.11. The lowest BCUT2D eigenvalue weighted by Gasteiger charge is -2.16. The van der Waals surface area contributed by atoms with Crippen LogP contribution in [0.1, 0.15) is 10.4 Å². The van der Waals surface area contributed by atoms with Gasteiger partial charge in [-0.25, -0.2) is 13.6 Å². The highest BCUT2D eigenvalue weighted by molar-refractivity contribution is 6.31. The minimum atomic E-state index is -4.93. The van der Waals surface area contributed by atoms with Gasteiger partial charge >= 0.3 is 24.2 Å². The molecule has 0 spiro atoms. The van der Waals surface area contributed by atoms with Crippen LogP contribution in [0.3, 0.4) is 0 Å². The molecule has 0 atom stereocenters. The zero-order valence-electron chi connectivity index (χ0n) is 8.96. The van der Waals surface area contributed by atoms with Crippen LogP contribution in [0.4, 0.5) is 23.2 Å². The topological polar surface area (TPSA) is 66.4 Å². The summed E-state index contributed by atoms with van der Waals surface area (Å²) < 4.78 is 49.3. The maximum atomic E-state index is 12.7. The summed E-state index contributed by atoms with van der Waals surface area (Å²) in [5, 5.41) is 10.1. The van der Waals surface area contributed by atoms with Crippen LogP contribution in [0, 0.1) is 0 Å². The predicted octanol–water partition coefficient (Wildman–Crippen LogP) is 2.88. The monoisotopic (exact) mass is 299 g/mol. The maximum Gasteiger partial charge on any atom is 0.383 e. The lowest BCUT2D eigenvalue weighted by Crippen LogP contribution is -2.41. The Morgan fingerprint density at radius 3 is 2.37 bits per heavy atom. The number of alkyl halides is 4. The number of carbonyl (C=O) groups excluding carboxylic acids is 1. The van der Waals surface area contributed by atoms with Crippen molar-refractivity contribution in [2.24, 2.45) is 0 Å². The van der Waals surface area contributed by atoms with Crippen LogP contribution in [-0.2, 0) is 4.79 Å². The van der Waals surface area contributed by atoms with Crippen molar-refractivity contribution in [2.45, 2.75) is 12.3 Å². The summed E-state index contributed by atoms with van der Waals surface area (Å²) in [6.45, 7) is 0. The van der Waals surface area contributed by atoms with Crippen LogP contribution in [0.2, 0.25) is 5.02 Å². The first-order valence-electron chi connectivity index (χ1n) is 4.66. The van der Waals surface area contributed by atoms with Crippen LogP contribution in [0.15, 0.2) is 18.2 Å². The third-order valence-electron chi connectivity index (χ3n) is 2.04. The quantitative estimate of drug-likeness (QED) is 0.840. The predicted molar refractivity (Wildman–Crippen MR) is 58.0 cm³/mol. The van der Waals surface area contributed by atoms with Crippen molar-refractivity contribution in [1.82, 2.24) is 0 Å². The second-order valence-corrected chi connectivity index (χ2v) is 3.81.